The van der Waals surface area contributed by atoms with E-state index in [4.69, 9.17) is 0 Å². The van der Waals surface area contributed by atoms with Gasteiger partial charge in [0.1, 0.15) is 11.8 Å². The van der Waals surface area contributed by atoms with Crippen LogP contribution in [0.25, 0.3) is 0 Å². The molecule has 0 aromatic carbocycles. The van der Waals surface area contributed by atoms with Crippen LogP contribution in [0.15, 0.2) is 0 Å². The first kappa shape index (κ1) is 12.7. The summed E-state index contributed by atoms with van der Waals surface area (Å²) >= 11 is 0. The molecule has 3 saturated carbocycles. The molecule has 0 heterocycles. The van der Waals surface area contributed by atoms with Crippen molar-refractivity contribution in [2.45, 2.75) is 12.8 Å². The van der Waals surface area contributed by atoms with E-state index in [0.717, 1.165) is 0 Å². The first-order valence-corrected chi connectivity index (χ1v) is 5.76. The van der Waals surface area contributed by atoms with Gasteiger partial charge in [-0.05, 0) is 12.8 Å². The van der Waals surface area contributed by atoms with Crippen molar-refractivity contribution >= 4 is 23.5 Å². The summed E-state index contributed by atoms with van der Waals surface area (Å²) in [6.45, 7) is 0. The number of carbonyl (C=O) groups is 4. The van der Waals surface area contributed by atoms with Crippen LogP contribution >= 0.6 is 0 Å². The topological polar surface area (TPSA) is 86.7 Å². The van der Waals surface area contributed by atoms with E-state index < -0.39 is 35.6 Å². The van der Waals surface area contributed by atoms with Gasteiger partial charge in [0, 0.05) is 11.8 Å². The van der Waals surface area contributed by atoms with Crippen LogP contribution < -0.4 is 0 Å². The Morgan fingerprint density at radius 3 is 1.50 bits per heavy atom. The van der Waals surface area contributed by atoms with Crippen LogP contribution in [0.5, 0.6) is 0 Å². The van der Waals surface area contributed by atoms with Gasteiger partial charge in [-0.25, -0.2) is 0 Å². The lowest BCUT2D eigenvalue weighted by Gasteiger charge is -2.41. The summed E-state index contributed by atoms with van der Waals surface area (Å²) in [7, 11) is 2.36. The Balaban J connectivity index is 2.33. The highest BCUT2D eigenvalue weighted by Crippen LogP contribution is 2.44. The molecular formula is C12H14O6. The largest absolute Gasteiger partial charge is 0.468 e. The highest BCUT2D eigenvalue weighted by Gasteiger charge is 2.58. The van der Waals surface area contributed by atoms with Gasteiger partial charge in [0.15, 0.2) is 11.6 Å². The number of ketones is 2. The highest BCUT2D eigenvalue weighted by atomic mass is 16.5. The van der Waals surface area contributed by atoms with Gasteiger partial charge in [-0.2, -0.15) is 0 Å². The fourth-order valence-electron chi connectivity index (χ4n) is 2.98. The molecule has 0 spiro atoms. The van der Waals surface area contributed by atoms with Crippen molar-refractivity contribution in [3.05, 3.63) is 0 Å². The molecule has 0 N–H and O–H groups in total. The molecule has 2 bridgehead atoms. The van der Waals surface area contributed by atoms with Crippen LogP contribution in [0.1, 0.15) is 12.8 Å². The standard InChI is InChI=1S/C12H14O6/c1-17-11(15)7-5-3-4-6(9(7)13)8(10(5)14)12(16)18-2/h5-8H,3-4H2,1-2H3/t5-,6+,7-,8-/m0/s1. The monoisotopic (exact) mass is 254 g/mol. The summed E-state index contributed by atoms with van der Waals surface area (Å²) in [5.41, 5.74) is 0. The molecule has 0 amide bonds. The number of fused-ring (bicyclic) bond motifs is 3. The Hall–Kier alpha value is -1.72. The summed E-state index contributed by atoms with van der Waals surface area (Å²) in [4.78, 5) is 47.3. The highest BCUT2D eigenvalue weighted by molar-refractivity contribution is 6.15. The summed E-state index contributed by atoms with van der Waals surface area (Å²) in [6.07, 6.45) is 0.894. The van der Waals surface area contributed by atoms with E-state index >= 15 is 0 Å². The molecule has 0 unspecified atom stereocenters. The molecule has 0 radical (unpaired) electrons. The normalized spacial score (nSPS) is 34.3. The fourth-order valence-corrected chi connectivity index (χ4v) is 2.98. The van der Waals surface area contributed by atoms with Gasteiger partial charge in [0.2, 0.25) is 0 Å². The second-order valence-corrected chi connectivity index (χ2v) is 4.60. The van der Waals surface area contributed by atoms with Gasteiger partial charge in [-0.15, -0.1) is 0 Å². The van der Waals surface area contributed by atoms with Crippen LogP contribution in [0.2, 0.25) is 0 Å². The number of esters is 2. The molecule has 0 aliphatic heterocycles. The zero-order valence-corrected chi connectivity index (χ0v) is 10.2. The third-order valence-corrected chi connectivity index (χ3v) is 3.85. The number of rotatable bonds is 2. The molecule has 3 aliphatic rings. The van der Waals surface area contributed by atoms with E-state index in [1.54, 1.807) is 0 Å². The third kappa shape index (κ3) is 1.63. The number of Topliss-reactive ketones (excluding diaryl/α,β-unsaturated/α-hetero) is 2. The number of methoxy groups -OCH3 is 2. The molecule has 3 rings (SSSR count). The Bertz CT molecular complexity index is 386. The first-order chi connectivity index (χ1) is 8.52. The second-order valence-electron chi connectivity index (χ2n) is 4.60. The number of carbonyl (C=O) groups excluding carboxylic acids is 4. The average Bonchev–Trinajstić information content (AvgIpc) is 2.38. The Kier molecular flexibility index (Phi) is 3.19. The third-order valence-electron chi connectivity index (χ3n) is 3.85. The van der Waals surface area contributed by atoms with E-state index in [1.165, 1.54) is 14.2 Å². The molecule has 0 aromatic rings. The van der Waals surface area contributed by atoms with Crippen molar-refractivity contribution in [1.29, 1.82) is 0 Å². The lowest BCUT2D eigenvalue weighted by molar-refractivity contribution is -0.172. The molecule has 4 atom stereocenters. The predicted octanol–water partition coefficient (Wildman–Crippen LogP) is -0.257. The lowest BCUT2D eigenvalue weighted by Crippen LogP contribution is -2.56. The zero-order valence-electron chi connectivity index (χ0n) is 10.2. The van der Waals surface area contributed by atoms with Crippen molar-refractivity contribution in [2.24, 2.45) is 23.7 Å². The van der Waals surface area contributed by atoms with E-state index in [1.807, 2.05) is 0 Å². The quantitative estimate of drug-likeness (QED) is 0.498. The van der Waals surface area contributed by atoms with E-state index in [0.29, 0.717) is 12.8 Å². The van der Waals surface area contributed by atoms with Gasteiger partial charge in [0.05, 0.1) is 14.2 Å². The molecule has 0 aromatic heterocycles. The molecule has 6 heteroatoms. The smallest absolute Gasteiger partial charge is 0.316 e. The van der Waals surface area contributed by atoms with Gasteiger partial charge < -0.3 is 9.47 Å². The maximum atomic E-state index is 12.1. The molecule has 6 nitrogen and oxygen atoms in total. The van der Waals surface area contributed by atoms with Crippen molar-refractivity contribution in [3.8, 4) is 0 Å². The van der Waals surface area contributed by atoms with Crippen LogP contribution in [-0.2, 0) is 28.7 Å². The van der Waals surface area contributed by atoms with Gasteiger partial charge >= 0.3 is 11.9 Å². The van der Waals surface area contributed by atoms with Crippen molar-refractivity contribution in [2.75, 3.05) is 14.2 Å². The maximum absolute atomic E-state index is 12.1. The van der Waals surface area contributed by atoms with Crippen LogP contribution in [-0.4, -0.2) is 37.7 Å². The minimum absolute atomic E-state index is 0.367. The van der Waals surface area contributed by atoms with Crippen LogP contribution in [0, 0.1) is 23.7 Å². The molecule has 98 valence electrons. The lowest BCUT2D eigenvalue weighted by atomic mass is 9.58. The summed E-state index contributed by atoms with van der Waals surface area (Å²) < 4.78 is 9.11. The zero-order chi connectivity index (χ0) is 13.4. The molecule has 0 saturated heterocycles. The molecular weight excluding hydrogens is 240 g/mol. The minimum Gasteiger partial charge on any atom is -0.468 e. The second kappa shape index (κ2) is 4.51. The molecule has 3 aliphatic carbocycles. The fraction of sp³-hybridized carbons (Fsp3) is 0.667. The van der Waals surface area contributed by atoms with Crippen molar-refractivity contribution in [3.63, 3.8) is 0 Å². The Labute approximate surface area is 104 Å². The van der Waals surface area contributed by atoms with E-state index in [9.17, 15) is 19.2 Å². The molecule has 18 heavy (non-hydrogen) atoms. The molecule has 3 fully saturated rings. The van der Waals surface area contributed by atoms with Crippen molar-refractivity contribution < 1.29 is 28.7 Å². The summed E-state index contributed by atoms with van der Waals surface area (Å²) in [5.74, 6) is -5.67. The minimum atomic E-state index is -1.04. The van der Waals surface area contributed by atoms with E-state index in [-0.39, 0.29) is 11.6 Å². The number of ether oxygens (including phenoxy) is 2. The van der Waals surface area contributed by atoms with Crippen LogP contribution in [0.4, 0.5) is 0 Å². The van der Waals surface area contributed by atoms with E-state index in [2.05, 4.69) is 9.47 Å². The SMILES string of the molecule is COC(=O)[C@@H]1C(=O)[C@@H]2CC[C@@H]1C(=O)[C@H]2C(=O)OC. The van der Waals surface area contributed by atoms with Crippen molar-refractivity contribution in [1.82, 2.24) is 0 Å². The summed E-state index contributed by atoms with van der Waals surface area (Å²) in [6, 6.07) is 0. The van der Waals surface area contributed by atoms with Gasteiger partial charge in [-0.3, -0.25) is 19.2 Å². The Morgan fingerprint density at radius 1 is 0.889 bits per heavy atom. The Morgan fingerprint density at radius 2 is 1.22 bits per heavy atom. The maximum Gasteiger partial charge on any atom is 0.316 e. The first-order valence-electron chi connectivity index (χ1n) is 5.76. The number of hydrogen-bond acceptors (Lipinski definition) is 6. The predicted molar refractivity (Wildman–Crippen MR) is 57.2 cm³/mol. The van der Waals surface area contributed by atoms with Gasteiger partial charge in [-0.1, -0.05) is 0 Å². The van der Waals surface area contributed by atoms with Gasteiger partial charge in [0.25, 0.3) is 0 Å². The van der Waals surface area contributed by atoms with Crippen LogP contribution in [0.3, 0.4) is 0 Å². The summed E-state index contributed by atoms with van der Waals surface area (Å²) in [5, 5.41) is 0. The average molecular weight is 254 g/mol. The number of hydrogen-bond donors (Lipinski definition) is 0.